The van der Waals surface area contributed by atoms with Crippen molar-refractivity contribution in [2.45, 2.75) is 6.42 Å². The van der Waals surface area contributed by atoms with Crippen molar-refractivity contribution in [3.05, 3.63) is 54.2 Å². The normalized spacial score (nSPS) is 14.7. The van der Waals surface area contributed by atoms with Gasteiger partial charge in [0.15, 0.2) is 0 Å². The summed E-state index contributed by atoms with van der Waals surface area (Å²) in [4.78, 5) is 21.0. The molecule has 1 aliphatic rings. The summed E-state index contributed by atoms with van der Waals surface area (Å²) in [6.45, 7) is 3.11. The highest BCUT2D eigenvalue weighted by molar-refractivity contribution is 5.79. The van der Waals surface area contributed by atoms with E-state index in [0.29, 0.717) is 6.42 Å². The first-order valence-corrected chi connectivity index (χ1v) is 7.83. The van der Waals surface area contributed by atoms with Crippen LogP contribution in [-0.4, -0.2) is 49.1 Å². The van der Waals surface area contributed by atoms with Crippen LogP contribution in [0.3, 0.4) is 0 Å². The second kappa shape index (κ2) is 7.13. The zero-order valence-electron chi connectivity index (χ0n) is 13.3. The lowest BCUT2D eigenvalue weighted by molar-refractivity contribution is -0.130. The Labute approximate surface area is 136 Å². The highest BCUT2D eigenvalue weighted by Gasteiger charge is 2.21. The van der Waals surface area contributed by atoms with E-state index in [2.05, 4.69) is 9.88 Å². The van der Waals surface area contributed by atoms with E-state index in [1.807, 2.05) is 47.4 Å². The molecule has 0 bridgehead atoms. The third kappa shape index (κ3) is 3.80. The smallest absolute Gasteiger partial charge is 0.227 e. The van der Waals surface area contributed by atoms with E-state index >= 15 is 0 Å². The van der Waals surface area contributed by atoms with Crippen LogP contribution in [0.2, 0.25) is 0 Å². The summed E-state index contributed by atoms with van der Waals surface area (Å²) < 4.78 is 5.21. The molecule has 2 heterocycles. The Hall–Kier alpha value is -2.56. The van der Waals surface area contributed by atoms with Gasteiger partial charge in [-0.3, -0.25) is 4.79 Å². The summed E-state index contributed by atoms with van der Waals surface area (Å²) in [7, 11) is 1.64. The lowest BCUT2D eigenvalue weighted by Crippen LogP contribution is -2.49. The average Bonchev–Trinajstić information content (AvgIpc) is 2.63. The predicted octanol–water partition coefficient (Wildman–Crippen LogP) is 1.98. The first-order valence-electron chi connectivity index (χ1n) is 7.83. The van der Waals surface area contributed by atoms with E-state index in [1.165, 1.54) is 0 Å². The Bertz CT molecular complexity index is 652. The third-order valence-electron chi connectivity index (χ3n) is 4.10. The number of piperazine rings is 1. The summed E-state index contributed by atoms with van der Waals surface area (Å²) >= 11 is 0. The van der Waals surface area contributed by atoms with Crippen molar-refractivity contribution in [3.63, 3.8) is 0 Å². The van der Waals surface area contributed by atoms with Crippen molar-refractivity contribution in [1.29, 1.82) is 0 Å². The van der Waals surface area contributed by atoms with Gasteiger partial charge in [0.05, 0.1) is 13.5 Å². The van der Waals surface area contributed by atoms with Gasteiger partial charge >= 0.3 is 0 Å². The van der Waals surface area contributed by atoms with Crippen molar-refractivity contribution in [3.8, 4) is 5.75 Å². The van der Waals surface area contributed by atoms with Crippen LogP contribution in [0.5, 0.6) is 5.75 Å². The molecule has 0 unspecified atom stereocenters. The Morgan fingerprint density at radius 1 is 1.13 bits per heavy atom. The number of benzene rings is 1. The van der Waals surface area contributed by atoms with Crippen molar-refractivity contribution >= 4 is 11.7 Å². The van der Waals surface area contributed by atoms with Gasteiger partial charge in [0.25, 0.3) is 0 Å². The molecular weight excluding hydrogens is 290 g/mol. The highest BCUT2D eigenvalue weighted by atomic mass is 16.5. The molecular formula is C18H21N3O2. The highest BCUT2D eigenvalue weighted by Crippen LogP contribution is 2.16. The molecule has 23 heavy (non-hydrogen) atoms. The maximum Gasteiger partial charge on any atom is 0.227 e. The van der Waals surface area contributed by atoms with Crippen LogP contribution in [0.1, 0.15) is 5.56 Å². The van der Waals surface area contributed by atoms with Crippen LogP contribution in [0.15, 0.2) is 48.7 Å². The second-order valence-electron chi connectivity index (χ2n) is 5.58. The molecule has 1 saturated heterocycles. The number of carbonyl (C=O) groups is 1. The summed E-state index contributed by atoms with van der Waals surface area (Å²) in [5.74, 6) is 1.93. The Balaban J connectivity index is 1.56. The van der Waals surface area contributed by atoms with Gasteiger partial charge in [-0.05, 0) is 29.8 Å². The number of carbonyl (C=O) groups excluding carboxylic acids is 1. The standard InChI is InChI=1S/C18H21N3O2/c1-23-16-6-4-5-15(13-16)14-18(22)21-11-9-20(10-12-21)17-7-2-3-8-19-17/h2-8,13H,9-12,14H2,1H3. The van der Waals surface area contributed by atoms with Crippen LogP contribution in [0.25, 0.3) is 0 Å². The molecule has 1 aliphatic heterocycles. The minimum atomic E-state index is 0.166. The van der Waals surface area contributed by atoms with Gasteiger partial charge in [0, 0.05) is 32.4 Å². The fourth-order valence-electron chi connectivity index (χ4n) is 2.79. The maximum absolute atomic E-state index is 12.5. The van der Waals surface area contributed by atoms with Crippen molar-refractivity contribution in [2.24, 2.45) is 0 Å². The number of hydrogen-bond donors (Lipinski definition) is 0. The zero-order chi connectivity index (χ0) is 16.1. The molecule has 2 aromatic rings. The van der Waals surface area contributed by atoms with Gasteiger partial charge in [-0.2, -0.15) is 0 Å². The number of amides is 1. The van der Waals surface area contributed by atoms with E-state index in [1.54, 1.807) is 13.3 Å². The van der Waals surface area contributed by atoms with Gasteiger partial charge in [0.2, 0.25) is 5.91 Å². The second-order valence-corrected chi connectivity index (χ2v) is 5.58. The maximum atomic E-state index is 12.5. The molecule has 0 N–H and O–H groups in total. The molecule has 0 atom stereocenters. The van der Waals surface area contributed by atoms with E-state index in [-0.39, 0.29) is 5.91 Å². The SMILES string of the molecule is COc1cccc(CC(=O)N2CCN(c3ccccn3)CC2)c1. The molecule has 120 valence electrons. The lowest BCUT2D eigenvalue weighted by atomic mass is 10.1. The minimum Gasteiger partial charge on any atom is -0.497 e. The molecule has 0 spiro atoms. The number of ether oxygens (including phenoxy) is 1. The van der Waals surface area contributed by atoms with Crippen LogP contribution in [0, 0.1) is 0 Å². The molecule has 3 rings (SSSR count). The number of anilines is 1. The quantitative estimate of drug-likeness (QED) is 0.866. The van der Waals surface area contributed by atoms with Crippen molar-refractivity contribution in [1.82, 2.24) is 9.88 Å². The van der Waals surface area contributed by atoms with Crippen molar-refractivity contribution < 1.29 is 9.53 Å². The molecule has 5 nitrogen and oxygen atoms in total. The fraction of sp³-hybridized carbons (Fsp3) is 0.333. The summed E-state index contributed by atoms with van der Waals surface area (Å²) in [6, 6.07) is 13.6. The lowest BCUT2D eigenvalue weighted by Gasteiger charge is -2.35. The average molecular weight is 311 g/mol. The first kappa shape index (κ1) is 15.3. The van der Waals surface area contributed by atoms with E-state index in [4.69, 9.17) is 4.74 Å². The largest absolute Gasteiger partial charge is 0.497 e. The Kier molecular flexibility index (Phi) is 4.76. The van der Waals surface area contributed by atoms with Crippen LogP contribution < -0.4 is 9.64 Å². The van der Waals surface area contributed by atoms with Gasteiger partial charge in [0.1, 0.15) is 11.6 Å². The molecule has 1 amide bonds. The summed E-state index contributed by atoms with van der Waals surface area (Å²) in [5.41, 5.74) is 0.988. The molecule has 5 heteroatoms. The number of hydrogen-bond acceptors (Lipinski definition) is 4. The number of nitrogens with zero attached hydrogens (tertiary/aromatic N) is 3. The number of aromatic nitrogens is 1. The molecule has 1 aromatic heterocycles. The topological polar surface area (TPSA) is 45.7 Å². The monoisotopic (exact) mass is 311 g/mol. The molecule has 1 fully saturated rings. The van der Waals surface area contributed by atoms with Gasteiger partial charge < -0.3 is 14.5 Å². The zero-order valence-corrected chi connectivity index (χ0v) is 13.3. The first-order chi connectivity index (χ1) is 11.3. The molecule has 0 radical (unpaired) electrons. The fourth-order valence-corrected chi connectivity index (χ4v) is 2.79. The molecule has 0 saturated carbocycles. The van der Waals surface area contributed by atoms with Gasteiger partial charge in [-0.15, -0.1) is 0 Å². The Morgan fingerprint density at radius 2 is 1.96 bits per heavy atom. The van der Waals surface area contributed by atoms with Gasteiger partial charge in [-0.1, -0.05) is 18.2 Å². The number of rotatable bonds is 4. The minimum absolute atomic E-state index is 0.166. The van der Waals surface area contributed by atoms with E-state index in [9.17, 15) is 4.79 Å². The third-order valence-corrected chi connectivity index (χ3v) is 4.10. The summed E-state index contributed by atoms with van der Waals surface area (Å²) in [6.07, 6.45) is 2.22. The number of methoxy groups -OCH3 is 1. The van der Waals surface area contributed by atoms with Crippen LogP contribution in [-0.2, 0) is 11.2 Å². The Morgan fingerprint density at radius 3 is 2.65 bits per heavy atom. The van der Waals surface area contributed by atoms with E-state index < -0.39 is 0 Å². The predicted molar refractivity (Wildman–Crippen MR) is 89.7 cm³/mol. The van der Waals surface area contributed by atoms with E-state index in [0.717, 1.165) is 43.3 Å². The van der Waals surface area contributed by atoms with Gasteiger partial charge in [-0.25, -0.2) is 4.98 Å². The molecule has 1 aromatic carbocycles. The van der Waals surface area contributed by atoms with Crippen LogP contribution >= 0.6 is 0 Å². The van der Waals surface area contributed by atoms with Crippen molar-refractivity contribution in [2.75, 3.05) is 38.2 Å². The number of pyridine rings is 1. The summed E-state index contributed by atoms with van der Waals surface area (Å²) in [5, 5.41) is 0. The van der Waals surface area contributed by atoms with Crippen LogP contribution in [0.4, 0.5) is 5.82 Å². The molecule has 0 aliphatic carbocycles.